The average Bonchev–Trinajstić information content (AvgIpc) is 2.64. The van der Waals surface area contributed by atoms with E-state index in [9.17, 15) is 4.79 Å². The Bertz CT molecular complexity index is 791. The molecule has 0 aliphatic carbocycles. The average molecular weight is 318 g/mol. The maximum atomic E-state index is 12.2. The smallest absolute Gasteiger partial charge is 0.270 e. The molecule has 0 saturated heterocycles. The molecular weight excluding hydrogens is 300 g/mol. The number of amides is 1. The Morgan fingerprint density at radius 1 is 0.917 bits per heavy atom. The van der Waals surface area contributed by atoms with Crippen LogP contribution >= 0.6 is 0 Å². The molecule has 0 unspecified atom stereocenters. The number of para-hydroxylation sites is 1. The van der Waals surface area contributed by atoms with Gasteiger partial charge in [0.1, 0.15) is 17.8 Å². The Morgan fingerprint density at radius 2 is 1.62 bits per heavy atom. The normalized spacial score (nSPS) is 10.2. The van der Waals surface area contributed by atoms with Crippen molar-refractivity contribution in [2.75, 3.05) is 11.9 Å². The SMILES string of the molecule is O=C(NCCc1ccccc1)c1cc(Nc2ccccc2)ncn1. The zero-order chi connectivity index (χ0) is 16.6. The quantitative estimate of drug-likeness (QED) is 0.732. The van der Waals surface area contributed by atoms with Crippen molar-refractivity contribution in [1.29, 1.82) is 0 Å². The maximum absolute atomic E-state index is 12.2. The number of rotatable bonds is 6. The molecule has 5 nitrogen and oxygen atoms in total. The zero-order valence-corrected chi connectivity index (χ0v) is 13.1. The number of carbonyl (C=O) groups is 1. The van der Waals surface area contributed by atoms with Crippen molar-refractivity contribution in [2.24, 2.45) is 0 Å². The molecule has 0 spiro atoms. The molecule has 24 heavy (non-hydrogen) atoms. The maximum Gasteiger partial charge on any atom is 0.270 e. The molecule has 0 fully saturated rings. The topological polar surface area (TPSA) is 66.9 Å². The van der Waals surface area contributed by atoms with Crippen LogP contribution in [0.4, 0.5) is 11.5 Å². The van der Waals surface area contributed by atoms with Gasteiger partial charge >= 0.3 is 0 Å². The van der Waals surface area contributed by atoms with Crippen LogP contribution in [0.3, 0.4) is 0 Å². The van der Waals surface area contributed by atoms with Gasteiger partial charge in [0.05, 0.1) is 0 Å². The molecule has 2 N–H and O–H groups in total. The molecular formula is C19H18N4O. The highest BCUT2D eigenvalue weighted by atomic mass is 16.1. The van der Waals surface area contributed by atoms with E-state index < -0.39 is 0 Å². The number of anilines is 2. The lowest BCUT2D eigenvalue weighted by atomic mass is 10.1. The highest BCUT2D eigenvalue weighted by Gasteiger charge is 2.08. The van der Waals surface area contributed by atoms with Gasteiger partial charge in [-0.1, -0.05) is 48.5 Å². The number of nitrogens with one attached hydrogen (secondary N) is 2. The van der Waals surface area contributed by atoms with E-state index in [1.807, 2.05) is 60.7 Å². The number of hydrogen-bond donors (Lipinski definition) is 2. The highest BCUT2D eigenvalue weighted by molar-refractivity contribution is 5.92. The van der Waals surface area contributed by atoms with Gasteiger partial charge < -0.3 is 10.6 Å². The van der Waals surface area contributed by atoms with Crippen LogP contribution in [0.25, 0.3) is 0 Å². The number of nitrogens with zero attached hydrogens (tertiary/aromatic N) is 2. The van der Waals surface area contributed by atoms with Crippen LogP contribution in [-0.2, 0) is 6.42 Å². The standard InChI is InChI=1S/C19H18N4O/c24-19(20-12-11-15-7-3-1-4-8-15)17-13-18(22-14-21-17)23-16-9-5-2-6-10-16/h1-10,13-14H,11-12H2,(H,20,24)(H,21,22,23). The molecule has 0 atom stereocenters. The molecule has 0 bridgehead atoms. The molecule has 1 aromatic heterocycles. The molecule has 120 valence electrons. The van der Waals surface area contributed by atoms with Gasteiger partial charge in [-0.2, -0.15) is 0 Å². The molecule has 1 heterocycles. The van der Waals surface area contributed by atoms with Gasteiger partial charge in [-0.05, 0) is 24.1 Å². The van der Waals surface area contributed by atoms with E-state index in [-0.39, 0.29) is 5.91 Å². The minimum atomic E-state index is -0.204. The van der Waals surface area contributed by atoms with Crippen molar-refractivity contribution in [2.45, 2.75) is 6.42 Å². The minimum absolute atomic E-state index is 0.204. The Hall–Kier alpha value is -3.21. The van der Waals surface area contributed by atoms with Gasteiger partial charge in [0.2, 0.25) is 0 Å². The Morgan fingerprint density at radius 3 is 2.38 bits per heavy atom. The monoisotopic (exact) mass is 318 g/mol. The summed E-state index contributed by atoms with van der Waals surface area (Å²) in [5.41, 5.74) is 2.44. The van der Waals surface area contributed by atoms with Crippen LogP contribution < -0.4 is 10.6 Å². The molecule has 0 saturated carbocycles. The summed E-state index contributed by atoms with van der Waals surface area (Å²) in [6.45, 7) is 0.564. The predicted octanol–water partition coefficient (Wildman–Crippen LogP) is 3.19. The van der Waals surface area contributed by atoms with Gasteiger partial charge in [-0.15, -0.1) is 0 Å². The van der Waals surface area contributed by atoms with Gasteiger partial charge in [-0.3, -0.25) is 4.79 Å². The largest absolute Gasteiger partial charge is 0.350 e. The van der Waals surface area contributed by atoms with Crippen molar-refractivity contribution in [3.05, 3.63) is 84.3 Å². The Kier molecular flexibility index (Phi) is 5.14. The second kappa shape index (κ2) is 7.87. The van der Waals surface area contributed by atoms with Crippen molar-refractivity contribution in [1.82, 2.24) is 15.3 Å². The summed E-state index contributed by atoms with van der Waals surface area (Å²) < 4.78 is 0. The van der Waals surface area contributed by atoms with Crippen molar-refractivity contribution < 1.29 is 4.79 Å². The van der Waals surface area contributed by atoms with E-state index in [4.69, 9.17) is 0 Å². The fourth-order valence-electron chi connectivity index (χ4n) is 2.27. The van der Waals surface area contributed by atoms with Crippen molar-refractivity contribution >= 4 is 17.4 Å². The van der Waals surface area contributed by atoms with Crippen LogP contribution in [-0.4, -0.2) is 22.4 Å². The minimum Gasteiger partial charge on any atom is -0.350 e. The summed E-state index contributed by atoms with van der Waals surface area (Å²) >= 11 is 0. The van der Waals surface area contributed by atoms with Crippen molar-refractivity contribution in [3.8, 4) is 0 Å². The summed E-state index contributed by atoms with van der Waals surface area (Å²) in [4.78, 5) is 20.4. The number of hydrogen-bond acceptors (Lipinski definition) is 4. The van der Waals surface area contributed by atoms with Crippen LogP contribution in [0.5, 0.6) is 0 Å². The molecule has 3 aromatic rings. The molecule has 3 rings (SSSR count). The van der Waals surface area contributed by atoms with E-state index in [1.165, 1.54) is 11.9 Å². The summed E-state index contributed by atoms with van der Waals surface area (Å²) in [6.07, 6.45) is 2.17. The van der Waals surface area contributed by atoms with Gasteiger partial charge in [0.15, 0.2) is 0 Å². The third kappa shape index (κ3) is 4.39. The molecule has 0 aliphatic rings. The first-order valence-corrected chi connectivity index (χ1v) is 7.77. The lowest BCUT2D eigenvalue weighted by Crippen LogP contribution is -2.26. The molecule has 0 radical (unpaired) electrons. The van der Waals surface area contributed by atoms with E-state index in [0.29, 0.717) is 18.1 Å². The number of benzene rings is 2. The van der Waals surface area contributed by atoms with E-state index in [1.54, 1.807) is 6.07 Å². The zero-order valence-electron chi connectivity index (χ0n) is 13.1. The fourth-order valence-corrected chi connectivity index (χ4v) is 2.27. The molecule has 1 amide bonds. The lowest BCUT2D eigenvalue weighted by molar-refractivity contribution is 0.0949. The van der Waals surface area contributed by atoms with Gasteiger partial charge in [0.25, 0.3) is 5.91 Å². The number of aromatic nitrogens is 2. The first kappa shape index (κ1) is 15.7. The summed E-state index contributed by atoms with van der Waals surface area (Å²) in [6, 6.07) is 21.3. The van der Waals surface area contributed by atoms with Gasteiger partial charge in [0, 0.05) is 18.3 Å². The van der Waals surface area contributed by atoms with E-state index in [2.05, 4.69) is 20.6 Å². The summed E-state index contributed by atoms with van der Waals surface area (Å²) in [7, 11) is 0. The molecule has 5 heteroatoms. The second-order valence-electron chi connectivity index (χ2n) is 5.27. The molecule has 0 aliphatic heterocycles. The van der Waals surface area contributed by atoms with E-state index >= 15 is 0 Å². The Labute approximate surface area is 140 Å². The third-order valence-corrected chi connectivity index (χ3v) is 3.49. The first-order chi connectivity index (χ1) is 11.8. The summed E-state index contributed by atoms with van der Waals surface area (Å²) in [5.74, 6) is 0.383. The second-order valence-corrected chi connectivity index (χ2v) is 5.27. The highest BCUT2D eigenvalue weighted by Crippen LogP contribution is 2.13. The van der Waals surface area contributed by atoms with Crippen LogP contribution in [0.1, 0.15) is 16.1 Å². The van der Waals surface area contributed by atoms with E-state index in [0.717, 1.165) is 12.1 Å². The van der Waals surface area contributed by atoms with Crippen LogP contribution in [0.15, 0.2) is 73.1 Å². The van der Waals surface area contributed by atoms with Crippen molar-refractivity contribution in [3.63, 3.8) is 0 Å². The molecule has 2 aromatic carbocycles. The summed E-state index contributed by atoms with van der Waals surface area (Å²) in [5, 5.41) is 6.03. The third-order valence-electron chi connectivity index (χ3n) is 3.49. The lowest BCUT2D eigenvalue weighted by Gasteiger charge is -2.07. The van der Waals surface area contributed by atoms with Gasteiger partial charge in [-0.25, -0.2) is 9.97 Å². The predicted molar refractivity (Wildman–Crippen MR) is 94.2 cm³/mol. The fraction of sp³-hybridized carbons (Fsp3) is 0.105. The first-order valence-electron chi connectivity index (χ1n) is 7.77. The Balaban J connectivity index is 1.58. The number of carbonyl (C=O) groups excluding carboxylic acids is 1. The van der Waals surface area contributed by atoms with Crippen LogP contribution in [0.2, 0.25) is 0 Å². The van der Waals surface area contributed by atoms with Crippen LogP contribution in [0, 0.1) is 0 Å².